The van der Waals surface area contributed by atoms with Crippen LogP contribution in [0, 0.1) is 0 Å². The minimum atomic E-state index is -0.112. The van der Waals surface area contributed by atoms with Crippen LogP contribution in [-0.2, 0) is 0 Å². The molecule has 0 spiro atoms. The van der Waals surface area contributed by atoms with Gasteiger partial charge in [-0.3, -0.25) is 4.79 Å². The Morgan fingerprint density at radius 1 is 0.962 bits per heavy atom. The Morgan fingerprint density at radius 2 is 1.69 bits per heavy atom. The van der Waals surface area contributed by atoms with Gasteiger partial charge in [-0.2, -0.15) is 0 Å². The zero-order valence-electron chi connectivity index (χ0n) is 15.7. The van der Waals surface area contributed by atoms with Crippen molar-refractivity contribution in [2.75, 3.05) is 19.8 Å². The first-order valence-corrected chi connectivity index (χ1v) is 9.02. The highest BCUT2D eigenvalue weighted by molar-refractivity contribution is 5.95. The minimum Gasteiger partial charge on any atom is -0.490 e. The molecule has 0 aromatic heterocycles. The summed E-state index contributed by atoms with van der Waals surface area (Å²) in [6, 6.07) is 14.9. The van der Waals surface area contributed by atoms with Crippen LogP contribution in [-0.4, -0.2) is 31.8 Å². The van der Waals surface area contributed by atoms with Crippen molar-refractivity contribution in [3.8, 4) is 17.2 Å². The molecule has 1 unspecified atom stereocenters. The van der Waals surface area contributed by atoms with E-state index in [0.29, 0.717) is 36.9 Å². The van der Waals surface area contributed by atoms with Crippen LogP contribution in [0.25, 0.3) is 0 Å². The maximum absolute atomic E-state index is 12.3. The predicted molar refractivity (Wildman–Crippen MR) is 102 cm³/mol. The number of hydrogen-bond donors (Lipinski definition) is 1. The standard InChI is InChI=1S/C21H27NO4/c1-4-16(3)22-21(23)17-11-12-19(20(15-17)24-5-2)26-14-13-25-18-9-7-6-8-10-18/h6-12,15-16H,4-5,13-14H2,1-3H3,(H,22,23). The number of benzene rings is 2. The fourth-order valence-corrected chi connectivity index (χ4v) is 2.27. The van der Waals surface area contributed by atoms with Crippen molar-refractivity contribution in [3.63, 3.8) is 0 Å². The smallest absolute Gasteiger partial charge is 0.251 e. The van der Waals surface area contributed by atoms with Crippen LogP contribution in [0.15, 0.2) is 48.5 Å². The number of carbonyl (C=O) groups excluding carboxylic acids is 1. The average Bonchev–Trinajstić information content (AvgIpc) is 2.67. The maximum Gasteiger partial charge on any atom is 0.251 e. The molecule has 0 aliphatic carbocycles. The fraction of sp³-hybridized carbons (Fsp3) is 0.381. The molecule has 140 valence electrons. The third kappa shape index (κ3) is 5.99. The van der Waals surface area contributed by atoms with Gasteiger partial charge in [0.05, 0.1) is 6.61 Å². The Bertz CT molecular complexity index is 688. The third-order valence-corrected chi connectivity index (χ3v) is 3.85. The Morgan fingerprint density at radius 3 is 2.38 bits per heavy atom. The summed E-state index contributed by atoms with van der Waals surface area (Å²) in [4.78, 5) is 12.3. The van der Waals surface area contributed by atoms with Crippen molar-refractivity contribution < 1.29 is 19.0 Å². The molecule has 5 heteroatoms. The number of carbonyl (C=O) groups is 1. The highest BCUT2D eigenvalue weighted by atomic mass is 16.5. The van der Waals surface area contributed by atoms with Crippen LogP contribution in [0.5, 0.6) is 17.2 Å². The normalized spacial score (nSPS) is 11.5. The summed E-state index contributed by atoms with van der Waals surface area (Å²) >= 11 is 0. The summed E-state index contributed by atoms with van der Waals surface area (Å²) < 4.78 is 17.0. The molecule has 2 rings (SSSR count). The molecule has 0 heterocycles. The van der Waals surface area contributed by atoms with E-state index in [-0.39, 0.29) is 11.9 Å². The van der Waals surface area contributed by atoms with E-state index in [0.717, 1.165) is 12.2 Å². The number of rotatable bonds is 10. The second-order valence-electron chi connectivity index (χ2n) is 5.89. The molecule has 1 atom stereocenters. The molecule has 26 heavy (non-hydrogen) atoms. The lowest BCUT2D eigenvalue weighted by molar-refractivity contribution is 0.0938. The Balaban J connectivity index is 1.95. The summed E-state index contributed by atoms with van der Waals surface area (Å²) in [5.74, 6) is 1.85. The molecule has 1 amide bonds. The molecule has 0 radical (unpaired) electrons. The number of nitrogens with one attached hydrogen (secondary N) is 1. The van der Waals surface area contributed by atoms with Crippen LogP contribution in [0.4, 0.5) is 0 Å². The number of ether oxygens (including phenoxy) is 3. The van der Waals surface area contributed by atoms with Crippen molar-refractivity contribution in [2.45, 2.75) is 33.2 Å². The van der Waals surface area contributed by atoms with E-state index >= 15 is 0 Å². The van der Waals surface area contributed by atoms with Crippen molar-refractivity contribution in [2.24, 2.45) is 0 Å². The molecule has 0 aliphatic heterocycles. The van der Waals surface area contributed by atoms with Crippen LogP contribution >= 0.6 is 0 Å². The number of amides is 1. The van der Waals surface area contributed by atoms with E-state index < -0.39 is 0 Å². The van der Waals surface area contributed by atoms with Gasteiger partial charge in [0.25, 0.3) is 5.91 Å². The molecule has 2 aromatic rings. The van der Waals surface area contributed by atoms with Gasteiger partial charge >= 0.3 is 0 Å². The van der Waals surface area contributed by atoms with Gasteiger partial charge in [-0.05, 0) is 50.6 Å². The van der Waals surface area contributed by atoms with Gasteiger partial charge in [0.15, 0.2) is 11.5 Å². The second-order valence-corrected chi connectivity index (χ2v) is 5.89. The van der Waals surface area contributed by atoms with Crippen molar-refractivity contribution in [1.82, 2.24) is 5.32 Å². The highest BCUT2D eigenvalue weighted by Crippen LogP contribution is 2.28. The maximum atomic E-state index is 12.3. The van der Waals surface area contributed by atoms with Gasteiger partial charge in [-0.15, -0.1) is 0 Å². The average molecular weight is 357 g/mol. The molecule has 0 saturated heterocycles. The van der Waals surface area contributed by atoms with E-state index in [1.54, 1.807) is 18.2 Å². The lowest BCUT2D eigenvalue weighted by atomic mass is 10.1. The zero-order chi connectivity index (χ0) is 18.8. The predicted octanol–water partition coefficient (Wildman–Crippen LogP) is 4.07. The summed E-state index contributed by atoms with van der Waals surface area (Å²) in [5.41, 5.74) is 0.557. The van der Waals surface area contributed by atoms with E-state index in [9.17, 15) is 4.79 Å². The van der Waals surface area contributed by atoms with Gasteiger partial charge < -0.3 is 19.5 Å². The fourth-order valence-electron chi connectivity index (χ4n) is 2.27. The van der Waals surface area contributed by atoms with Crippen LogP contribution < -0.4 is 19.5 Å². The van der Waals surface area contributed by atoms with E-state index in [1.807, 2.05) is 51.1 Å². The quantitative estimate of drug-likeness (QED) is 0.651. The molecule has 1 N–H and O–H groups in total. The first kappa shape index (κ1) is 19.6. The van der Waals surface area contributed by atoms with Gasteiger partial charge in [0.2, 0.25) is 0 Å². The van der Waals surface area contributed by atoms with Crippen molar-refractivity contribution >= 4 is 5.91 Å². The van der Waals surface area contributed by atoms with E-state index in [1.165, 1.54) is 0 Å². The molecule has 0 saturated carbocycles. The molecule has 5 nitrogen and oxygen atoms in total. The summed E-state index contributed by atoms with van der Waals surface area (Å²) in [5, 5.41) is 2.95. The monoisotopic (exact) mass is 357 g/mol. The Labute approximate surface area is 155 Å². The van der Waals surface area contributed by atoms with Gasteiger partial charge in [0.1, 0.15) is 19.0 Å². The summed E-state index contributed by atoms with van der Waals surface area (Å²) in [6.07, 6.45) is 0.882. The van der Waals surface area contributed by atoms with E-state index in [2.05, 4.69) is 5.32 Å². The van der Waals surface area contributed by atoms with Crippen LogP contribution in [0.2, 0.25) is 0 Å². The molecule has 0 aliphatic rings. The minimum absolute atomic E-state index is 0.112. The Kier molecular flexibility index (Phi) is 7.80. The molecule has 0 fully saturated rings. The molecule has 0 bridgehead atoms. The largest absolute Gasteiger partial charge is 0.490 e. The molecular formula is C21H27NO4. The van der Waals surface area contributed by atoms with Crippen molar-refractivity contribution in [1.29, 1.82) is 0 Å². The van der Waals surface area contributed by atoms with Crippen LogP contribution in [0.1, 0.15) is 37.6 Å². The highest BCUT2D eigenvalue weighted by Gasteiger charge is 2.13. The molecule has 2 aromatic carbocycles. The van der Waals surface area contributed by atoms with Crippen LogP contribution in [0.3, 0.4) is 0 Å². The first-order valence-electron chi connectivity index (χ1n) is 9.02. The topological polar surface area (TPSA) is 56.8 Å². The zero-order valence-corrected chi connectivity index (χ0v) is 15.7. The lowest BCUT2D eigenvalue weighted by Gasteiger charge is -2.15. The molecular weight excluding hydrogens is 330 g/mol. The third-order valence-electron chi connectivity index (χ3n) is 3.85. The second kappa shape index (κ2) is 10.3. The summed E-state index contributed by atoms with van der Waals surface area (Å²) in [7, 11) is 0. The van der Waals surface area contributed by atoms with Gasteiger partial charge in [-0.1, -0.05) is 25.1 Å². The SMILES string of the molecule is CCOc1cc(C(=O)NC(C)CC)ccc1OCCOc1ccccc1. The van der Waals surface area contributed by atoms with E-state index in [4.69, 9.17) is 14.2 Å². The van der Waals surface area contributed by atoms with Gasteiger partial charge in [0, 0.05) is 11.6 Å². The van der Waals surface area contributed by atoms with Gasteiger partial charge in [-0.25, -0.2) is 0 Å². The number of para-hydroxylation sites is 1. The number of hydrogen-bond acceptors (Lipinski definition) is 4. The lowest BCUT2D eigenvalue weighted by Crippen LogP contribution is -2.31. The summed E-state index contributed by atoms with van der Waals surface area (Å²) in [6.45, 7) is 7.21. The van der Waals surface area contributed by atoms with Crippen molar-refractivity contribution in [3.05, 3.63) is 54.1 Å². The Hall–Kier alpha value is -2.69. The first-order chi connectivity index (χ1) is 12.6.